The van der Waals surface area contributed by atoms with Crippen LogP contribution in [0.5, 0.6) is 5.88 Å². The van der Waals surface area contributed by atoms with Crippen LogP contribution < -0.4 is 15.4 Å². The Hall–Kier alpha value is -2.83. The highest BCUT2D eigenvalue weighted by atomic mass is 16.5. The van der Waals surface area contributed by atoms with Crippen molar-refractivity contribution >= 4 is 23.2 Å². The van der Waals surface area contributed by atoms with Crippen molar-refractivity contribution in [2.24, 2.45) is 7.05 Å². The molecule has 7 heteroatoms. The third-order valence-electron chi connectivity index (χ3n) is 3.29. The van der Waals surface area contributed by atoms with Gasteiger partial charge in [-0.15, -0.1) is 0 Å². The second-order valence-electron chi connectivity index (χ2n) is 5.38. The fourth-order valence-electron chi connectivity index (χ4n) is 2.42. The minimum absolute atomic E-state index is 0.384. The van der Waals surface area contributed by atoms with Crippen LogP contribution in [-0.2, 0) is 16.6 Å². The zero-order valence-corrected chi connectivity index (χ0v) is 13.9. The number of anilines is 2. The summed E-state index contributed by atoms with van der Waals surface area (Å²) in [6.45, 7) is 5.57. The van der Waals surface area contributed by atoms with Crippen molar-refractivity contribution in [1.29, 1.82) is 0 Å². The quantitative estimate of drug-likeness (QED) is 0.847. The summed E-state index contributed by atoms with van der Waals surface area (Å²) in [4.78, 5) is 24.2. The van der Waals surface area contributed by atoms with E-state index in [4.69, 9.17) is 4.74 Å². The molecule has 0 bridgehead atoms. The normalized spacial score (nSPS) is 10.3. The minimum atomic E-state index is -0.779. The van der Waals surface area contributed by atoms with Gasteiger partial charge in [0.2, 0.25) is 5.88 Å². The molecule has 2 N–H and O–H groups in total. The number of nitrogens with zero attached hydrogens (tertiary/aromatic N) is 2. The lowest BCUT2D eigenvalue weighted by atomic mass is 10.1. The zero-order valence-electron chi connectivity index (χ0n) is 13.9. The number of benzene rings is 1. The summed E-state index contributed by atoms with van der Waals surface area (Å²) in [5, 5.41) is 9.28. The number of nitrogens with one attached hydrogen (secondary N) is 2. The average Bonchev–Trinajstić information content (AvgIpc) is 2.71. The van der Waals surface area contributed by atoms with Gasteiger partial charge in [-0.2, -0.15) is 5.10 Å². The first-order chi connectivity index (χ1) is 10.8. The molecule has 1 aromatic carbocycles. The van der Waals surface area contributed by atoms with Gasteiger partial charge < -0.3 is 15.4 Å². The maximum atomic E-state index is 12.1. The van der Waals surface area contributed by atoms with Gasteiger partial charge in [0.05, 0.1) is 12.8 Å². The topological polar surface area (TPSA) is 85.2 Å². The molecule has 0 aliphatic rings. The molecule has 0 radical (unpaired) electrons. The van der Waals surface area contributed by atoms with Gasteiger partial charge in [0, 0.05) is 12.7 Å². The highest BCUT2D eigenvalue weighted by Gasteiger charge is 2.21. The molecule has 1 heterocycles. The molecule has 2 amide bonds. The van der Waals surface area contributed by atoms with E-state index in [1.807, 2.05) is 19.9 Å². The Morgan fingerprint density at radius 3 is 2.17 bits per heavy atom. The molecular formula is C16H20N4O3. The van der Waals surface area contributed by atoms with Gasteiger partial charge in [0.15, 0.2) is 0 Å². The number of rotatable bonds is 3. The number of carbonyl (C=O) groups excluding carboxylic acids is 2. The lowest BCUT2D eigenvalue weighted by molar-refractivity contribution is -0.133. The summed E-state index contributed by atoms with van der Waals surface area (Å²) in [5.41, 5.74) is 3.54. The Morgan fingerprint density at radius 1 is 1.04 bits per heavy atom. The number of methoxy groups -OCH3 is 1. The maximum Gasteiger partial charge on any atom is 0.314 e. The predicted molar refractivity (Wildman–Crippen MR) is 87.7 cm³/mol. The minimum Gasteiger partial charge on any atom is -0.480 e. The molecule has 7 nitrogen and oxygen atoms in total. The molecule has 2 rings (SSSR count). The summed E-state index contributed by atoms with van der Waals surface area (Å²) in [7, 11) is 3.17. The fourth-order valence-corrected chi connectivity index (χ4v) is 2.42. The van der Waals surface area contributed by atoms with E-state index in [1.54, 1.807) is 26.1 Å². The van der Waals surface area contributed by atoms with Crippen LogP contribution in [0.2, 0.25) is 0 Å². The number of amides is 2. The van der Waals surface area contributed by atoms with Gasteiger partial charge in [0.1, 0.15) is 5.69 Å². The van der Waals surface area contributed by atoms with E-state index in [2.05, 4.69) is 15.7 Å². The largest absolute Gasteiger partial charge is 0.480 e. The highest BCUT2D eigenvalue weighted by Crippen LogP contribution is 2.26. The van der Waals surface area contributed by atoms with E-state index in [9.17, 15) is 9.59 Å². The Labute approximate surface area is 134 Å². The standard InChI is InChI=1S/C16H20N4O3/c1-9-6-10(2)8-12(7-9)17-14(21)15(22)18-13-11(3)19-20(4)16(13)23-5/h6-8H,1-5H3,(H,17,21)(H,18,22). The van der Waals surface area contributed by atoms with Crippen LogP contribution in [-0.4, -0.2) is 28.7 Å². The lowest BCUT2D eigenvalue weighted by Crippen LogP contribution is -2.29. The van der Waals surface area contributed by atoms with Crippen molar-refractivity contribution in [3.8, 4) is 5.88 Å². The number of hydrogen-bond donors (Lipinski definition) is 2. The number of ether oxygens (including phenoxy) is 1. The van der Waals surface area contributed by atoms with Crippen molar-refractivity contribution < 1.29 is 14.3 Å². The molecule has 0 fully saturated rings. The molecule has 0 aliphatic heterocycles. The zero-order chi connectivity index (χ0) is 17.1. The van der Waals surface area contributed by atoms with Gasteiger partial charge in [-0.25, -0.2) is 4.68 Å². The van der Waals surface area contributed by atoms with Crippen molar-refractivity contribution in [2.75, 3.05) is 17.7 Å². The SMILES string of the molecule is COc1c(NC(=O)C(=O)Nc2cc(C)cc(C)c2)c(C)nn1C. The van der Waals surface area contributed by atoms with Crippen LogP contribution in [0, 0.1) is 20.8 Å². The van der Waals surface area contributed by atoms with Crippen LogP contribution in [0.15, 0.2) is 18.2 Å². The van der Waals surface area contributed by atoms with Crippen molar-refractivity contribution in [2.45, 2.75) is 20.8 Å². The molecule has 0 atom stereocenters. The number of hydrogen-bond acceptors (Lipinski definition) is 4. The van der Waals surface area contributed by atoms with Gasteiger partial charge in [-0.3, -0.25) is 9.59 Å². The van der Waals surface area contributed by atoms with E-state index in [0.29, 0.717) is 22.9 Å². The maximum absolute atomic E-state index is 12.1. The lowest BCUT2D eigenvalue weighted by Gasteiger charge is -2.09. The molecule has 2 aromatic rings. The summed E-state index contributed by atoms with van der Waals surface area (Å²) in [6.07, 6.45) is 0. The van der Waals surface area contributed by atoms with E-state index in [1.165, 1.54) is 11.8 Å². The Bertz CT molecular complexity index is 745. The summed E-state index contributed by atoms with van der Waals surface area (Å²) >= 11 is 0. The highest BCUT2D eigenvalue weighted by molar-refractivity contribution is 6.43. The summed E-state index contributed by atoms with van der Waals surface area (Å²) in [5.74, 6) is -1.14. The molecule has 23 heavy (non-hydrogen) atoms. The van der Waals surface area contributed by atoms with Crippen molar-refractivity contribution in [3.05, 3.63) is 35.0 Å². The van der Waals surface area contributed by atoms with Crippen LogP contribution in [0.25, 0.3) is 0 Å². The monoisotopic (exact) mass is 316 g/mol. The van der Waals surface area contributed by atoms with Crippen LogP contribution in [0.3, 0.4) is 0 Å². The number of aryl methyl sites for hydroxylation is 4. The molecule has 0 aliphatic carbocycles. The van der Waals surface area contributed by atoms with E-state index < -0.39 is 11.8 Å². The number of carbonyl (C=O) groups is 2. The summed E-state index contributed by atoms with van der Waals surface area (Å²) < 4.78 is 6.67. The van der Waals surface area contributed by atoms with Crippen molar-refractivity contribution in [3.63, 3.8) is 0 Å². The van der Waals surface area contributed by atoms with Gasteiger partial charge in [-0.05, 0) is 44.0 Å². The molecule has 0 saturated carbocycles. The third-order valence-corrected chi connectivity index (χ3v) is 3.29. The molecule has 1 aromatic heterocycles. The van der Waals surface area contributed by atoms with E-state index in [-0.39, 0.29) is 0 Å². The molecule has 122 valence electrons. The predicted octanol–water partition coefficient (Wildman–Crippen LogP) is 1.93. The van der Waals surface area contributed by atoms with E-state index >= 15 is 0 Å². The molecule has 0 saturated heterocycles. The molecular weight excluding hydrogens is 296 g/mol. The fraction of sp³-hybridized carbons (Fsp3) is 0.312. The van der Waals surface area contributed by atoms with Crippen LogP contribution >= 0.6 is 0 Å². The van der Waals surface area contributed by atoms with Crippen LogP contribution in [0.4, 0.5) is 11.4 Å². The first-order valence-corrected chi connectivity index (χ1v) is 7.10. The Balaban J connectivity index is 2.13. The Morgan fingerprint density at radius 2 is 1.61 bits per heavy atom. The van der Waals surface area contributed by atoms with Gasteiger partial charge in [0.25, 0.3) is 0 Å². The second-order valence-corrected chi connectivity index (χ2v) is 5.38. The molecule has 0 unspecified atom stereocenters. The van der Waals surface area contributed by atoms with Crippen molar-refractivity contribution in [1.82, 2.24) is 9.78 Å². The second kappa shape index (κ2) is 6.51. The Kier molecular flexibility index (Phi) is 4.68. The third kappa shape index (κ3) is 3.68. The molecule has 0 spiro atoms. The smallest absolute Gasteiger partial charge is 0.314 e. The first-order valence-electron chi connectivity index (χ1n) is 7.10. The van der Waals surface area contributed by atoms with Gasteiger partial charge in [-0.1, -0.05) is 6.07 Å². The average molecular weight is 316 g/mol. The van der Waals surface area contributed by atoms with Gasteiger partial charge >= 0.3 is 11.8 Å². The van der Waals surface area contributed by atoms with E-state index in [0.717, 1.165) is 11.1 Å². The number of aromatic nitrogens is 2. The summed E-state index contributed by atoms with van der Waals surface area (Å²) in [6, 6.07) is 5.59. The first kappa shape index (κ1) is 16.5. The van der Waals surface area contributed by atoms with Crippen LogP contribution in [0.1, 0.15) is 16.8 Å².